The van der Waals surface area contributed by atoms with Crippen molar-refractivity contribution in [1.82, 2.24) is 24.5 Å². The van der Waals surface area contributed by atoms with Gasteiger partial charge in [-0.1, -0.05) is 84.9 Å². The fourth-order valence-corrected chi connectivity index (χ4v) is 7.20. The molecular formula is C40H25N5S. The minimum absolute atomic E-state index is 0.792. The van der Waals surface area contributed by atoms with E-state index in [9.17, 15) is 0 Å². The van der Waals surface area contributed by atoms with Crippen LogP contribution in [0.2, 0.25) is 0 Å². The zero-order valence-electron chi connectivity index (χ0n) is 24.6. The molecule has 5 heterocycles. The molecule has 0 bridgehead atoms. The Morgan fingerprint density at radius 3 is 1.80 bits per heavy atom. The van der Waals surface area contributed by atoms with Gasteiger partial charge in [0.2, 0.25) is 0 Å². The van der Waals surface area contributed by atoms with Gasteiger partial charge in [-0.2, -0.15) is 0 Å². The summed E-state index contributed by atoms with van der Waals surface area (Å²) in [6.07, 6.45) is 3.60. The molecule has 6 heteroatoms. The van der Waals surface area contributed by atoms with Crippen molar-refractivity contribution in [1.29, 1.82) is 0 Å². The van der Waals surface area contributed by atoms with Gasteiger partial charge in [0.25, 0.3) is 0 Å². The van der Waals surface area contributed by atoms with E-state index >= 15 is 0 Å². The molecular weight excluding hydrogens is 583 g/mol. The van der Waals surface area contributed by atoms with Crippen molar-refractivity contribution >= 4 is 43.4 Å². The molecule has 0 radical (unpaired) electrons. The Balaban J connectivity index is 1.24. The molecule has 46 heavy (non-hydrogen) atoms. The molecule has 0 saturated carbocycles. The van der Waals surface area contributed by atoms with Crippen molar-refractivity contribution in [2.45, 2.75) is 0 Å². The number of thiazole rings is 1. The lowest BCUT2D eigenvalue weighted by Gasteiger charge is -2.12. The second kappa shape index (κ2) is 10.9. The summed E-state index contributed by atoms with van der Waals surface area (Å²) in [5, 5.41) is 3.32. The Kier molecular flexibility index (Phi) is 6.25. The van der Waals surface area contributed by atoms with E-state index in [0.717, 1.165) is 71.1 Å². The lowest BCUT2D eigenvalue weighted by atomic mass is 10.0. The molecule has 5 aromatic heterocycles. The molecule has 0 atom stereocenters. The average molecular weight is 608 g/mol. The van der Waals surface area contributed by atoms with E-state index in [-0.39, 0.29) is 0 Å². The van der Waals surface area contributed by atoms with Crippen LogP contribution in [0.15, 0.2) is 152 Å². The van der Waals surface area contributed by atoms with Crippen LogP contribution in [-0.4, -0.2) is 24.5 Å². The Morgan fingerprint density at radius 2 is 1.11 bits per heavy atom. The van der Waals surface area contributed by atoms with Gasteiger partial charge in [0.15, 0.2) is 0 Å². The molecule has 0 aliphatic rings. The fraction of sp³-hybridized carbons (Fsp3) is 0. The van der Waals surface area contributed by atoms with Crippen LogP contribution in [-0.2, 0) is 0 Å². The second-order valence-electron chi connectivity index (χ2n) is 11.1. The molecule has 4 aromatic carbocycles. The summed E-state index contributed by atoms with van der Waals surface area (Å²) < 4.78 is 3.48. The van der Waals surface area contributed by atoms with Gasteiger partial charge in [-0.25, -0.2) is 9.97 Å². The second-order valence-corrected chi connectivity index (χ2v) is 12.2. The van der Waals surface area contributed by atoms with E-state index in [1.54, 1.807) is 23.7 Å². The molecule has 0 aliphatic heterocycles. The van der Waals surface area contributed by atoms with E-state index in [1.807, 2.05) is 42.5 Å². The van der Waals surface area contributed by atoms with Gasteiger partial charge in [0, 0.05) is 28.7 Å². The summed E-state index contributed by atoms with van der Waals surface area (Å²) in [4.78, 5) is 19.5. The highest BCUT2D eigenvalue weighted by Crippen LogP contribution is 2.41. The summed E-state index contributed by atoms with van der Waals surface area (Å²) in [6.45, 7) is 0. The van der Waals surface area contributed by atoms with Gasteiger partial charge in [-0.15, -0.1) is 11.3 Å². The largest absolute Gasteiger partial charge is 0.309 e. The van der Waals surface area contributed by atoms with Gasteiger partial charge < -0.3 is 4.57 Å². The standard InChI is InChI=1S/C40H25N5S/c1-2-10-26(11-3-1)27-16-18-28(19-17-27)40-44-39-37(46-40)21-20-36-38(39)30-12-4-5-15-35(30)45(36)29-24-33(31-13-6-8-22-41-31)43-34(25-29)32-14-7-9-23-42-32/h1-25H. The molecule has 5 nitrogen and oxygen atoms in total. The van der Waals surface area contributed by atoms with Crippen LogP contribution in [0.4, 0.5) is 0 Å². The van der Waals surface area contributed by atoms with Gasteiger partial charge in [0.1, 0.15) is 5.01 Å². The summed E-state index contributed by atoms with van der Waals surface area (Å²) in [5.41, 5.74) is 10.9. The molecule has 9 aromatic rings. The van der Waals surface area contributed by atoms with Gasteiger partial charge in [-0.3, -0.25) is 9.97 Å². The Labute approximate surface area is 269 Å². The van der Waals surface area contributed by atoms with E-state index < -0.39 is 0 Å². The summed E-state index contributed by atoms with van der Waals surface area (Å²) >= 11 is 1.73. The lowest BCUT2D eigenvalue weighted by Crippen LogP contribution is -1.99. The van der Waals surface area contributed by atoms with Crippen molar-refractivity contribution in [3.63, 3.8) is 0 Å². The number of fused-ring (bicyclic) bond motifs is 5. The first-order valence-corrected chi connectivity index (χ1v) is 16.0. The van der Waals surface area contributed by atoms with Crippen LogP contribution in [0.1, 0.15) is 0 Å². The van der Waals surface area contributed by atoms with Crippen molar-refractivity contribution < 1.29 is 0 Å². The highest BCUT2D eigenvalue weighted by Gasteiger charge is 2.19. The summed E-state index contributed by atoms with van der Waals surface area (Å²) in [7, 11) is 0. The van der Waals surface area contributed by atoms with Crippen LogP contribution in [0.25, 0.3) is 82.2 Å². The third-order valence-corrected chi connectivity index (χ3v) is 9.43. The first-order valence-electron chi connectivity index (χ1n) is 15.1. The number of benzene rings is 4. The highest BCUT2D eigenvalue weighted by atomic mass is 32.1. The Hall–Kier alpha value is -5.98. The maximum Gasteiger partial charge on any atom is 0.124 e. The third kappa shape index (κ3) is 4.47. The molecule has 0 saturated heterocycles. The number of hydrogen-bond donors (Lipinski definition) is 0. The van der Waals surface area contributed by atoms with Crippen molar-refractivity contribution in [3.05, 3.63) is 152 Å². The van der Waals surface area contributed by atoms with Crippen LogP contribution in [0.5, 0.6) is 0 Å². The number of pyridine rings is 3. The zero-order valence-corrected chi connectivity index (χ0v) is 25.4. The Morgan fingerprint density at radius 1 is 0.478 bits per heavy atom. The van der Waals surface area contributed by atoms with E-state index in [1.165, 1.54) is 11.1 Å². The molecule has 0 aliphatic carbocycles. The van der Waals surface area contributed by atoms with Crippen LogP contribution in [0.3, 0.4) is 0 Å². The van der Waals surface area contributed by atoms with Crippen LogP contribution in [0, 0.1) is 0 Å². The summed E-state index contributed by atoms with van der Waals surface area (Å²) in [6, 6.07) is 48.2. The minimum Gasteiger partial charge on any atom is -0.309 e. The predicted octanol–water partition coefficient (Wildman–Crippen LogP) is 10.2. The maximum absolute atomic E-state index is 5.27. The smallest absolute Gasteiger partial charge is 0.124 e. The van der Waals surface area contributed by atoms with Crippen molar-refractivity contribution in [3.8, 4) is 50.2 Å². The number of hydrogen-bond acceptors (Lipinski definition) is 5. The molecule has 0 fully saturated rings. The monoisotopic (exact) mass is 607 g/mol. The molecule has 0 amide bonds. The van der Waals surface area contributed by atoms with E-state index in [2.05, 4.69) is 112 Å². The maximum atomic E-state index is 5.27. The normalized spacial score (nSPS) is 11.5. The van der Waals surface area contributed by atoms with Gasteiger partial charge in [0.05, 0.1) is 49.7 Å². The van der Waals surface area contributed by atoms with Gasteiger partial charge in [-0.05, 0) is 65.7 Å². The Bertz CT molecular complexity index is 2440. The highest BCUT2D eigenvalue weighted by molar-refractivity contribution is 7.21. The fourth-order valence-electron chi connectivity index (χ4n) is 6.22. The van der Waals surface area contributed by atoms with Crippen molar-refractivity contribution in [2.75, 3.05) is 0 Å². The molecule has 0 N–H and O–H groups in total. The molecule has 0 spiro atoms. The average Bonchev–Trinajstić information content (AvgIpc) is 3.72. The first kappa shape index (κ1) is 26.4. The van der Waals surface area contributed by atoms with Crippen LogP contribution < -0.4 is 0 Å². The molecule has 0 unspecified atom stereocenters. The summed E-state index contributed by atoms with van der Waals surface area (Å²) in [5.74, 6) is 0. The number of aromatic nitrogens is 5. The minimum atomic E-state index is 0.792. The molecule has 9 rings (SSSR count). The lowest BCUT2D eigenvalue weighted by molar-refractivity contribution is 1.14. The third-order valence-electron chi connectivity index (χ3n) is 8.36. The SMILES string of the molecule is c1ccc(-c2ccc(-c3nc4c(ccc5c4c4ccccc4n5-c4cc(-c5ccccn5)nc(-c5ccccn5)c4)s3)cc2)cc1. The predicted molar refractivity (Wildman–Crippen MR) is 189 cm³/mol. The molecule has 216 valence electrons. The number of rotatable bonds is 5. The van der Waals surface area contributed by atoms with Crippen molar-refractivity contribution in [2.24, 2.45) is 0 Å². The first-order chi connectivity index (χ1) is 22.8. The quantitative estimate of drug-likeness (QED) is 0.195. The van der Waals surface area contributed by atoms with E-state index in [4.69, 9.17) is 9.97 Å². The number of nitrogens with zero attached hydrogens (tertiary/aromatic N) is 5. The van der Waals surface area contributed by atoms with E-state index in [0.29, 0.717) is 0 Å². The van der Waals surface area contributed by atoms with Crippen LogP contribution >= 0.6 is 11.3 Å². The zero-order chi connectivity index (χ0) is 30.5. The van der Waals surface area contributed by atoms with Gasteiger partial charge >= 0.3 is 0 Å². The number of para-hydroxylation sites is 1. The topological polar surface area (TPSA) is 56.5 Å².